The van der Waals surface area contributed by atoms with Crippen LogP contribution in [0.2, 0.25) is 0 Å². The molecule has 160 valence electrons. The topological polar surface area (TPSA) is 63.7 Å². The molecule has 0 unspecified atom stereocenters. The fourth-order valence-corrected chi connectivity index (χ4v) is 4.23. The molecule has 0 aromatic heterocycles. The molecule has 4 rings (SSSR count). The molecule has 0 radical (unpaired) electrons. The molecule has 32 heavy (non-hydrogen) atoms. The number of rotatable bonds is 5. The first-order chi connectivity index (χ1) is 15.4. The van der Waals surface area contributed by atoms with Crippen LogP contribution in [0.3, 0.4) is 0 Å². The van der Waals surface area contributed by atoms with Gasteiger partial charge < -0.3 is 4.74 Å². The minimum Gasteiger partial charge on any atom is -0.423 e. The number of imide groups is 1. The molecular formula is C25H18BrNO4S. The van der Waals surface area contributed by atoms with Gasteiger partial charge in [0, 0.05) is 4.47 Å². The first kappa shape index (κ1) is 22.0. The average Bonchev–Trinajstić information content (AvgIpc) is 3.04. The third kappa shape index (κ3) is 5.00. The molecule has 0 saturated carbocycles. The maximum Gasteiger partial charge on any atom is 0.343 e. The molecule has 0 bridgehead atoms. The number of carbonyl (C=O) groups is 3. The summed E-state index contributed by atoms with van der Waals surface area (Å²) in [5.41, 5.74) is 3.14. The quantitative estimate of drug-likeness (QED) is 0.233. The SMILES string of the molecule is Cc1ccccc1CN1C(=O)S/C(=C\c2ccc(OC(=O)c3ccc(Br)cc3)cc2)C1=O. The van der Waals surface area contributed by atoms with Crippen molar-refractivity contribution in [2.24, 2.45) is 0 Å². The van der Waals surface area contributed by atoms with Gasteiger partial charge in [0.15, 0.2) is 0 Å². The number of carbonyl (C=O) groups excluding carboxylic acids is 3. The number of halogens is 1. The van der Waals surface area contributed by atoms with Crippen LogP contribution in [-0.2, 0) is 11.3 Å². The summed E-state index contributed by atoms with van der Waals surface area (Å²) in [4.78, 5) is 39.0. The van der Waals surface area contributed by atoms with E-state index in [1.807, 2.05) is 31.2 Å². The third-order valence-corrected chi connectivity index (χ3v) is 6.37. The van der Waals surface area contributed by atoms with E-state index >= 15 is 0 Å². The van der Waals surface area contributed by atoms with E-state index in [4.69, 9.17) is 4.74 Å². The summed E-state index contributed by atoms with van der Waals surface area (Å²) in [5, 5.41) is -0.287. The van der Waals surface area contributed by atoms with Gasteiger partial charge in [-0.25, -0.2) is 4.79 Å². The molecule has 1 saturated heterocycles. The molecule has 0 N–H and O–H groups in total. The lowest BCUT2D eigenvalue weighted by atomic mass is 10.1. The van der Waals surface area contributed by atoms with E-state index in [1.165, 1.54) is 4.90 Å². The second kappa shape index (κ2) is 9.54. The number of ether oxygens (including phenoxy) is 1. The highest BCUT2D eigenvalue weighted by molar-refractivity contribution is 9.10. The molecule has 2 amide bonds. The van der Waals surface area contributed by atoms with Crippen molar-refractivity contribution in [1.82, 2.24) is 4.90 Å². The smallest absolute Gasteiger partial charge is 0.343 e. The summed E-state index contributed by atoms with van der Waals surface area (Å²) in [7, 11) is 0. The van der Waals surface area contributed by atoms with E-state index in [0.29, 0.717) is 16.2 Å². The van der Waals surface area contributed by atoms with Gasteiger partial charge in [-0.1, -0.05) is 52.3 Å². The molecule has 1 fully saturated rings. The van der Waals surface area contributed by atoms with Crippen molar-refractivity contribution in [2.45, 2.75) is 13.5 Å². The number of thioether (sulfide) groups is 1. The Balaban J connectivity index is 1.44. The Labute approximate surface area is 198 Å². The monoisotopic (exact) mass is 507 g/mol. The van der Waals surface area contributed by atoms with Crippen molar-refractivity contribution in [3.05, 3.63) is 104 Å². The Bertz CT molecular complexity index is 1220. The number of hydrogen-bond acceptors (Lipinski definition) is 5. The van der Waals surface area contributed by atoms with E-state index < -0.39 is 5.97 Å². The molecule has 0 spiro atoms. The summed E-state index contributed by atoms with van der Waals surface area (Å²) >= 11 is 4.25. The predicted molar refractivity (Wildman–Crippen MR) is 128 cm³/mol. The van der Waals surface area contributed by atoms with Crippen molar-refractivity contribution < 1.29 is 19.1 Å². The third-order valence-electron chi connectivity index (χ3n) is 4.93. The maximum absolute atomic E-state index is 12.8. The van der Waals surface area contributed by atoms with Crippen molar-refractivity contribution in [1.29, 1.82) is 0 Å². The Morgan fingerprint density at radius 2 is 1.69 bits per heavy atom. The lowest BCUT2D eigenvalue weighted by Crippen LogP contribution is -2.27. The molecular weight excluding hydrogens is 490 g/mol. The van der Waals surface area contributed by atoms with Crippen molar-refractivity contribution in [2.75, 3.05) is 0 Å². The zero-order valence-corrected chi connectivity index (χ0v) is 19.5. The Morgan fingerprint density at radius 1 is 1.00 bits per heavy atom. The van der Waals surface area contributed by atoms with Gasteiger partial charge in [-0.2, -0.15) is 0 Å². The Morgan fingerprint density at radius 3 is 2.38 bits per heavy atom. The highest BCUT2D eigenvalue weighted by Gasteiger charge is 2.35. The second-order valence-corrected chi connectivity index (χ2v) is 9.07. The second-order valence-electron chi connectivity index (χ2n) is 7.16. The minimum absolute atomic E-state index is 0.250. The van der Waals surface area contributed by atoms with E-state index in [0.717, 1.165) is 32.9 Å². The number of hydrogen-bond donors (Lipinski definition) is 0. The van der Waals surface area contributed by atoms with Crippen LogP contribution in [0, 0.1) is 6.92 Å². The molecule has 1 aliphatic rings. The molecule has 0 atom stereocenters. The first-order valence-electron chi connectivity index (χ1n) is 9.78. The van der Waals surface area contributed by atoms with Crippen molar-refractivity contribution >= 4 is 50.9 Å². The van der Waals surface area contributed by atoms with Gasteiger partial charge in [0.25, 0.3) is 11.1 Å². The number of nitrogens with zero attached hydrogens (tertiary/aromatic N) is 1. The van der Waals surface area contributed by atoms with Crippen molar-refractivity contribution in [3.8, 4) is 5.75 Å². The van der Waals surface area contributed by atoms with Crippen LogP contribution in [0.25, 0.3) is 6.08 Å². The van der Waals surface area contributed by atoms with Crippen LogP contribution in [0.4, 0.5) is 4.79 Å². The number of aryl methyl sites for hydroxylation is 1. The van der Waals surface area contributed by atoms with Crippen LogP contribution in [-0.4, -0.2) is 22.0 Å². The van der Waals surface area contributed by atoms with Crippen LogP contribution >= 0.6 is 27.7 Å². The molecule has 1 aliphatic heterocycles. The molecule has 3 aromatic rings. The summed E-state index contributed by atoms with van der Waals surface area (Å²) in [6, 6.07) is 21.3. The van der Waals surface area contributed by atoms with Gasteiger partial charge in [0.05, 0.1) is 17.0 Å². The highest BCUT2D eigenvalue weighted by atomic mass is 79.9. The van der Waals surface area contributed by atoms with Crippen LogP contribution in [0.5, 0.6) is 5.75 Å². The summed E-state index contributed by atoms with van der Waals surface area (Å²) < 4.78 is 6.27. The normalized spacial score (nSPS) is 14.8. The molecule has 5 nitrogen and oxygen atoms in total. The number of benzene rings is 3. The van der Waals surface area contributed by atoms with E-state index in [-0.39, 0.29) is 17.7 Å². The van der Waals surface area contributed by atoms with E-state index in [2.05, 4.69) is 15.9 Å². The van der Waals surface area contributed by atoms with Crippen LogP contribution in [0.15, 0.2) is 82.2 Å². The van der Waals surface area contributed by atoms with Gasteiger partial charge in [-0.3, -0.25) is 14.5 Å². The zero-order valence-electron chi connectivity index (χ0n) is 17.1. The molecule has 3 aromatic carbocycles. The summed E-state index contributed by atoms with van der Waals surface area (Å²) in [6.45, 7) is 2.20. The minimum atomic E-state index is -0.456. The number of esters is 1. The van der Waals surface area contributed by atoms with Crippen molar-refractivity contribution in [3.63, 3.8) is 0 Å². The predicted octanol–water partition coefficient (Wildman–Crippen LogP) is 6.21. The summed E-state index contributed by atoms with van der Waals surface area (Å²) in [5.74, 6) is -0.376. The Hall–Kier alpha value is -3.16. The maximum atomic E-state index is 12.8. The molecule has 0 aliphatic carbocycles. The van der Waals surface area contributed by atoms with Gasteiger partial charge in [0.2, 0.25) is 0 Å². The van der Waals surface area contributed by atoms with Gasteiger partial charge in [-0.05, 0) is 77.9 Å². The Kier molecular flexibility index (Phi) is 6.58. The van der Waals surface area contributed by atoms with Crippen LogP contribution < -0.4 is 4.74 Å². The fraction of sp³-hybridized carbons (Fsp3) is 0.0800. The molecule has 1 heterocycles. The van der Waals surface area contributed by atoms with E-state index in [9.17, 15) is 14.4 Å². The fourth-order valence-electron chi connectivity index (χ4n) is 3.13. The lowest BCUT2D eigenvalue weighted by molar-refractivity contribution is -0.123. The van der Waals surface area contributed by atoms with E-state index in [1.54, 1.807) is 54.6 Å². The van der Waals surface area contributed by atoms with Gasteiger partial charge in [-0.15, -0.1) is 0 Å². The van der Waals surface area contributed by atoms with Gasteiger partial charge in [0.1, 0.15) is 5.75 Å². The highest BCUT2D eigenvalue weighted by Crippen LogP contribution is 2.33. The summed E-state index contributed by atoms with van der Waals surface area (Å²) in [6.07, 6.45) is 1.67. The largest absolute Gasteiger partial charge is 0.423 e. The average molecular weight is 508 g/mol. The molecule has 7 heteroatoms. The van der Waals surface area contributed by atoms with Gasteiger partial charge >= 0.3 is 5.97 Å². The van der Waals surface area contributed by atoms with Crippen LogP contribution in [0.1, 0.15) is 27.0 Å². The first-order valence-corrected chi connectivity index (χ1v) is 11.4. The lowest BCUT2D eigenvalue weighted by Gasteiger charge is -2.14. The zero-order chi connectivity index (χ0) is 22.7. The standard InChI is InChI=1S/C25H18BrNO4S/c1-16-4-2-3-5-19(16)15-27-23(28)22(32-25(27)30)14-17-6-12-21(13-7-17)31-24(29)18-8-10-20(26)11-9-18/h2-14H,15H2,1H3/b22-14-. The number of amides is 2.